The van der Waals surface area contributed by atoms with Gasteiger partial charge in [0.05, 0.1) is 6.10 Å². The monoisotopic (exact) mass is 240 g/mol. The summed E-state index contributed by atoms with van der Waals surface area (Å²) >= 11 is 0. The van der Waals surface area contributed by atoms with Crippen LogP contribution in [-0.4, -0.2) is 60.8 Å². The van der Waals surface area contributed by atoms with Crippen molar-refractivity contribution in [3.05, 3.63) is 0 Å². The predicted molar refractivity (Wildman–Crippen MR) is 71.1 cm³/mol. The Bertz CT molecular complexity index is 226. The van der Waals surface area contributed by atoms with Gasteiger partial charge in [-0.2, -0.15) is 0 Å². The first kappa shape index (κ1) is 13.3. The Morgan fingerprint density at radius 3 is 2.53 bits per heavy atom. The molecule has 3 nitrogen and oxygen atoms in total. The van der Waals surface area contributed by atoms with Crippen LogP contribution in [-0.2, 0) is 0 Å². The van der Waals surface area contributed by atoms with Crippen LogP contribution < -0.4 is 0 Å². The lowest BCUT2D eigenvalue weighted by Gasteiger charge is -2.30. The Hall–Kier alpha value is -0.120. The fourth-order valence-electron chi connectivity index (χ4n) is 3.50. The van der Waals surface area contributed by atoms with E-state index in [1.165, 1.54) is 45.1 Å². The van der Waals surface area contributed by atoms with Gasteiger partial charge in [0.1, 0.15) is 0 Å². The summed E-state index contributed by atoms with van der Waals surface area (Å²) in [4.78, 5) is 4.79. The minimum Gasteiger partial charge on any atom is -0.392 e. The summed E-state index contributed by atoms with van der Waals surface area (Å²) < 4.78 is 0. The van der Waals surface area contributed by atoms with E-state index in [1.54, 1.807) is 0 Å². The molecule has 2 rings (SSSR count). The third-order valence-corrected chi connectivity index (χ3v) is 4.44. The maximum absolute atomic E-state index is 10.3. The fourth-order valence-corrected chi connectivity index (χ4v) is 3.50. The molecule has 100 valence electrons. The molecule has 1 saturated carbocycles. The van der Waals surface area contributed by atoms with Crippen molar-refractivity contribution in [1.82, 2.24) is 9.80 Å². The summed E-state index contributed by atoms with van der Waals surface area (Å²) in [6, 6.07) is 0.668. The number of hydrogen-bond acceptors (Lipinski definition) is 3. The van der Waals surface area contributed by atoms with Crippen LogP contribution in [0.25, 0.3) is 0 Å². The molecule has 1 aliphatic heterocycles. The van der Waals surface area contributed by atoms with Gasteiger partial charge in [0.25, 0.3) is 0 Å². The summed E-state index contributed by atoms with van der Waals surface area (Å²) in [5.41, 5.74) is 0. The topological polar surface area (TPSA) is 26.7 Å². The lowest BCUT2D eigenvalue weighted by atomic mass is 10.0. The quantitative estimate of drug-likeness (QED) is 0.790. The highest BCUT2D eigenvalue weighted by molar-refractivity contribution is 4.85. The summed E-state index contributed by atoms with van der Waals surface area (Å²) in [6.45, 7) is 3.23. The van der Waals surface area contributed by atoms with Gasteiger partial charge < -0.3 is 10.0 Å². The van der Waals surface area contributed by atoms with Crippen LogP contribution in [0.15, 0.2) is 0 Å². The second kappa shape index (κ2) is 6.17. The first-order chi connectivity index (χ1) is 8.16. The molecule has 2 aliphatic rings. The van der Waals surface area contributed by atoms with Crippen LogP contribution in [0, 0.1) is 5.92 Å². The molecular weight excluding hydrogens is 212 g/mol. The van der Waals surface area contributed by atoms with Crippen LogP contribution in [0.3, 0.4) is 0 Å². The predicted octanol–water partition coefficient (Wildman–Crippen LogP) is 1.56. The van der Waals surface area contributed by atoms with Crippen LogP contribution in [0.4, 0.5) is 0 Å². The van der Waals surface area contributed by atoms with Crippen molar-refractivity contribution >= 4 is 0 Å². The first-order valence-corrected chi connectivity index (χ1v) is 7.23. The highest BCUT2D eigenvalue weighted by Gasteiger charge is 2.30. The molecule has 0 aromatic rings. The zero-order valence-electron chi connectivity index (χ0n) is 11.4. The molecule has 1 heterocycles. The Labute approximate surface area is 106 Å². The summed E-state index contributed by atoms with van der Waals surface area (Å²) in [6.07, 6.45) is 7.65. The summed E-state index contributed by atoms with van der Waals surface area (Å²) in [5, 5.41) is 10.3. The van der Waals surface area contributed by atoms with E-state index in [2.05, 4.69) is 23.9 Å². The van der Waals surface area contributed by atoms with Crippen molar-refractivity contribution in [3.8, 4) is 0 Å². The third kappa shape index (κ3) is 3.67. The van der Waals surface area contributed by atoms with E-state index in [1.807, 2.05) is 0 Å². The Morgan fingerprint density at radius 2 is 1.88 bits per heavy atom. The number of nitrogens with zero attached hydrogens (tertiary/aromatic N) is 2. The van der Waals surface area contributed by atoms with Crippen LogP contribution in [0.1, 0.15) is 38.5 Å². The second-order valence-electron chi connectivity index (χ2n) is 6.17. The Balaban J connectivity index is 1.80. The van der Waals surface area contributed by atoms with Gasteiger partial charge in [-0.25, -0.2) is 0 Å². The van der Waals surface area contributed by atoms with Gasteiger partial charge >= 0.3 is 0 Å². The molecule has 3 heteroatoms. The molecule has 0 aromatic heterocycles. The summed E-state index contributed by atoms with van der Waals surface area (Å²) in [5.74, 6) is 0.579. The van der Waals surface area contributed by atoms with Gasteiger partial charge in [0, 0.05) is 19.1 Å². The standard InChI is InChI=1S/C14H28N2O/c1-15(2)10-13-8-5-9-16(13)11-14(17)12-6-3-4-7-12/h12-14,17H,3-11H2,1-2H3. The maximum atomic E-state index is 10.3. The largest absolute Gasteiger partial charge is 0.392 e. The zero-order chi connectivity index (χ0) is 12.3. The molecule has 1 N–H and O–H groups in total. The van der Waals surface area contributed by atoms with Gasteiger partial charge in [-0.1, -0.05) is 12.8 Å². The molecule has 0 spiro atoms. The zero-order valence-corrected chi connectivity index (χ0v) is 11.4. The number of rotatable bonds is 5. The summed E-state index contributed by atoms with van der Waals surface area (Å²) in [7, 11) is 4.29. The molecule has 0 aromatic carbocycles. The molecule has 1 aliphatic carbocycles. The van der Waals surface area contributed by atoms with Crippen LogP contribution in [0.2, 0.25) is 0 Å². The first-order valence-electron chi connectivity index (χ1n) is 7.23. The second-order valence-corrected chi connectivity index (χ2v) is 6.17. The molecule has 17 heavy (non-hydrogen) atoms. The molecule has 2 atom stereocenters. The average molecular weight is 240 g/mol. The Kier molecular flexibility index (Phi) is 4.83. The number of hydrogen-bond donors (Lipinski definition) is 1. The van der Waals surface area contributed by atoms with Gasteiger partial charge in [-0.05, 0) is 52.2 Å². The van der Waals surface area contributed by atoms with Crippen molar-refractivity contribution in [3.63, 3.8) is 0 Å². The highest BCUT2D eigenvalue weighted by atomic mass is 16.3. The van der Waals surface area contributed by atoms with Crippen molar-refractivity contribution in [2.75, 3.05) is 33.7 Å². The van der Waals surface area contributed by atoms with E-state index in [-0.39, 0.29) is 6.10 Å². The van der Waals surface area contributed by atoms with E-state index < -0.39 is 0 Å². The van der Waals surface area contributed by atoms with E-state index in [0.717, 1.165) is 13.1 Å². The van der Waals surface area contributed by atoms with Crippen molar-refractivity contribution in [1.29, 1.82) is 0 Å². The van der Waals surface area contributed by atoms with Crippen molar-refractivity contribution < 1.29 is 5.11 Å². The number of likely N-dealkylation sites (tertiary alicyclic amines) is 1. The molecule has 2 fully saturated rings. The third-order valence-electron chi connectivity index (χ3n) is 4.44. The minimum atomic E-state index is -0.0831. The number of β-amino-alcohol motifs (C(OH)–C–C–N with tert-alkyl or cyclic N) is 1. The SMILES string of the molecule is CN(C)CC1CCCN1CC(O)C1CCCC1. The van der Waals surface area contributed by atoms with E-state index in [9.17, 15) is 5.11 Å². The molecule has 0 bridgehead atoms. The van der Waals surface area contributed by atoms with Crippen molar-refractivity contribution in [2.24, 2.45) is 5.92 Å². The molecule has 0 radical (unpaired) electrons. The minimum absolute atomic E-state index is 0.0831. The van der Waals surface area contributed by atoms with Gasteiger partial charge in [0.15, 0.2) is 0 Å². The molecule has 0 amide bonds. The van der Waals surface area contributed by atoms with Gasteiger partial charge in [-0.3, -0.25) is 4.90 Å². The van der Waals surface area contributed by atoms with E-state index in [4.69, 9.17) is 0 Å². The normalized spacial score (nSPS) is 29.3. The molecule has 2 unspecified atom stereocenters. The number of likely N-dealkylation sites (N-methyl/N-ethyl adjacent to an activating group) is 1. The fraction of sp³-hybridized carbons (Fsp3) is 1.00. The Morgan fingerprint density at radius 1 is 1.18 bits per heavy atom. The lowest BCUT2D eigenvalue weighted by Crippen LogP contribution is -2.43. The molecular formula is C14H28N2O. The van der Waals surface area contributed by atoms with Gasteiger partial charge in [0.2, 0.25) is 0 Å². The van der Waals surface area contributed by atoms with E-state index in [0.29, 0.717) is 12.0 Å². The van der Waals surface area contributed by atoms with Crippen LogP contribution >= 0.6 is 0 Å². The molecule has 1 saturated heterocycles. The van der Waals surface area contributed by atoms with Gasteiger partial charge in [-0.15, -0.1) is 0 Å². The average Bonchev–Trinajstić information content (AvgIpc) is 2.89. The number of aliphatic hydroxyl groups excluding tert-OH is 1. The van der Waals surface area contributed by atoms with Crippen molar-refractivity contribution in [2.45, 2.75) is 50.7 Å². The smallest absolute Gasteiger partial charge is 0.0695 e. The maximum Gasteiger partial charge on any atom is 0.0695 e. The van der Waals surface area contributed by atoms with Crippen LogP contribution in [0.5, 0.6) is 0 Å². The van der Waals surface area contributed by atoms with E-state index >= 15 is 0 Å². The highest BCUT2D eigenvalue weighted by Crippen LogP contribution is 2.29. The number of aliphatic hydroxyl groups is 1. The lowest BCUT2D eigenvalue weighted by molar-refractivity contribution is 0.0568.